The molecular formula is C19H28O4. The van der Waals surface area contributed by atoms with Crippen LogP contribution in [-0.4, -0.2) is 23.1 Å². The number of hydrogen-bond acceptors (Lipinski definition) is 4. The molecule has 0 bridgehead atoms. The average molecular weight is 320 g/mol. The molecule has 1 rings (SSSR count). The lowest BCUT2D eigenvalue weighted by Gasteiger charge is -2.08. The maximum absolute atomic E-state index is 11.8. The van der Waals surface area contributed by atoms with Gasteiger partial charge in [-0.3, -0.25) is 4.79 Å². The van der Waals surface area contributed by atoms with E-state index in [0.29, 0.717) is 12.8 Å². The normalized spacial score (nSPS) is 11.0. The summed E-state index contributed by atoms with van der Waals surface area (Å²) in [6, 6.07) is 3.10. The number of phenols is 2. The fourth-order valence-corrected chi connectivity index (χ4v) is 2.38. The van der Waals surface area contributed by atoms with Gasteiger partial charge in [-0.1, -0.05) is 38.7 Å². The van der Waals surface area contributed by atoms with Crippen molar-refractivity contribution in [3.63, 3.8) is 0 Å². The van der Waals surface area contributed by atoms with E-state index < -0.39 is 0 Å². The average Bonchev–Trinajstić information content (AvgIpc) is 2.55. The minimum absolute atomic E-state index is 0.0742. The van der Waals surface area contributed by atoms with E-state index >= 15 is 0 Å². The minimum atomic E-state index is -0.273. The van der Waals surface area contributed by atoms with Gasteiger partial charge in [0.25, 0.3) is 0 Å². The molecule has 0 atom stereocenters. The van der Waals surface area contributed by atoms with Crippen LogP contribution < -0.4 is 4.74 Å². The number of aryl methyl sites for hydroxylation is 1. The third-order valence-electron chi connectivity index (χ3n) is 3.77. The lowest BCUT2D eigenvalue weighted by Crippen LogP contribution is -1.97. The number of aromatic hydroxyl groups is 2. The quantitative estimate of drug-likeness (QED) is 0.357. The van der Waals surface area contributed by atoms with Gasteiger partial charge in [0, 0.05) is 6.42 Å². The second-order valence-corrected chi connectivity index (χ2v) is 5.74. The van der Waals surface area contributed by atoms with Crippen molar-refractivity contribution in [2.24, 2.45) is 0 Å². The Hall–Kier alpha value is -1.97. The number of carbonyl (C=O) groups is 1. The Balaban J connectivity index is 2.34. The van der Waals surface area contributed by atoms with E-state index in [-0.39, 0.29) is 23.0 Å². The highest BCUT2D eigenvalue weighted by atomic mass is 16.5. The molecule has 23 heavy (non-hydrogen) atoms. The van der Waals surface area contributed by atoms with Crippen molar-refractivity contribution < 1.29 is 19.7 Å². The standard InChI is InChI=1S/C19H28O4/c1-3-4-5-6-7-8-9-10-16(20)12-11-15-13-17(21)19(22)18(14-15)23-2/h9-10,13-14,21-22H,3-8,11-12H2,1-2H3. The predicted octanol–water partition coefficient (Wildman–Crippen LogP) is 4.52. The monoisotopic (exact) mass is 320 g/mol. The number of methoxy groups -OCH3 is 1. The summed E-state index contributed by atoms with van der Waals surface area (Å²) < 4.78 is 4.98. The van der Waals surface area contributed by atoms with Crippen LogP contribution in [0, 0.1) is 0 Å². The van der Waals surface area contributed by atoms with Gasteiger partial charge in [0.05, 0.1) is 7.11 Å². The summed E-state index contributed by atoms with van der Waals surface area (Å²) in [5, 5.41) is 19.2. The predicted molar refractivity (Wildman–Crippen MR) is 92.2 cm³/mol. The maximum Gasteiger partial charge on any atom is 0.200 e. The number of benzene rings is 1. The van der Waals surface area contributed by atoms with Crippen LogP contribution in [0.15, 0.2) is 24.3 Å². The Bertz CT molecular complexity index is 520. The number of carbonyl (C=O) groups excluding carboxylic acids is 1. The molecule has 128 valence electrons. The van der Waals surface area contributed by atoms with Crippen LogP contribution in [-0.2, 0) is 11.2 Å². The first-order valence-electron chi connectivity index (χ1n) is 8.36. The molecule has 1 aromatic carbocycles. The van der Waals surface area contributed by atoms with Crippen molar-refractivity contribution in [1.82, 2.24) is 0 Å². The molecular weight excluding hydrogens is 292 g/mol. The summed E-state index contributed by atoms with van der Waals surface area (Å²) in [5.41, 5.74) is 0.762. The zero-order valence-corrected chi connectivity index (χ0v) is 14.2. The molecule has 1 aromatic rings. The van der Waals surface area contributed by atoms with Crippen LogP contribution in [0.3, 0.4) is 0 Å². The van der Waals surface area contributed by atoms with Gasteiger partial charge in [0.15, 0.2) is 17.3 Å². The van der Waals surface area contributed by atoms with Crippen molar-refractivity contribution in [1.29, 1.82) is 0 Å². The maximum atomic E-state index is 11.8. The first-order chi connectivity index (χ1) is 11.1. The summed E-state index contributed by atoms with van der Waals surface area (Å²) in [6.45, 7) is 2.20. The van der Waals surface area contributed by atoms with Crippen LogP contribution in [0.5, 0.6) is 17.2 Å². The fourth-order valence-electron chi connectivity index (χ4n) is 2.38. The van der Waals surface area contributed by atoms with E-state index in [0.717, 1.165) is 18.4 Å². The molecule has 0 amide bonds. The lowest BCUT2D eigenvalue weighted by atomic mass is 10.1. The Labute approximate surface area is 138 Å². The zero-order valence-electron chi connectivity index (χ0n) is 14.2. The van der Waals surface area contributed by atoms with Gasteiger partial charge in [-0.25, -0.2) is 0 Å². The highest BCUT2D eigenvalue weighted by molar-refractivity contribution is 5.89. The second kappa shape index (κ2) is 10.7. The Morgan fingerprint density at radius 1 is 1.17 bits per heavy atom. The number of hydrogen-bond donors (Lipinski definition) is 2. The molecule has 0 radical (unpaired) electrons. The summed E-state index contributed by atoms with van der Waals surface area (Å²) >= 11 is 0. The van der Waals surface area contributed by atoms with Crippen molar-refractivity contribution in [3.8, 4) is 17.2 Å². The largest absolute Gasteiger partial charge is 0.504 e. The minimum Gasteiger partial charge on any atom is -0.504 e. The Morgan fingerprint density at radius 2 is 1.91 bits per heavy atom. The molecule has 0 spiro atoms. The first-order valence-corrected chi connectivity index (χ1v) is 8.36. The highest BCUT2D eigenvalue weighted by Gasteiger charge is 2.10. The third kappa shape index (κ3) is 7.22. The highest BCUT2D eigenvalue weighted by Crippen LogP contribution is 2.36. The topological polar surface area (TPSA) is 66.8 Å². The zero-order chi connectivity index (χ0) is 17.1. The smallest absolute Gasteiger partial charge is 0.200 e. The van der Waals surface area contributed by atoms with Crippen molar-refractivity contribution in [3.05, 3.63) is 29.8 Å². The van der Waals surface area contributed by atoms with Gasteiger partial charge in [-0.05, 0) is 43.0 Å². The van der Waals surface area contributed by atoms with Crippen LogP contribution in [0.25, 0.3) is 0 Å². The molecule has 0 unspecified atom stereocenters. The number of allylic oxidation sites excluding steroid dienone is 2. The van der Waals surface area contributed by atoms with E-state index in [1.165, 1.54) is 38.9 Å². The molecule has 0 aliphatic heterocycles. The second-order valence-electron chi connectivity index (χ2n) is 5.74. The molecule has 0 aliphatic carbocycles. The summed E-state index contributed by atoms with van der Waals surface area (Å²) in [6.07, 6.45) is 11.6. The fraction of sp³-hybridized carbons (Fsp3) is 0.526. The molecule has 0 saturated carbocycles. The van der Waals surface area contributed by atoms with E-state index in [2.05, 4.69) is 6.92 Å². The number of ether oxygens (including phenoxy) is 1. The van der Waals surface area contributed by atoms with Gasteiger partial charge in [-0.2, -0.15) is 0 Å². The van der Waals surface area contributed by atoms with Crippen LogP contribution >= 0.6 is 0 Å². The van der Waals surface area contributed by atoms with Gasteiger partial charge in [-0.15, -0.1) is 0 Å². The first kappa shape index (κ1) is 19.1. The number of ketones is 1. The molecule has 2 N–H and O–H groups in total. The molecule has 0 heterocycles. The Kier molecular flexibility index (Phi) is 8.88. The van der Waals surface area contributed by atoms with E-state index in [1.807, 2.05) is 6.08 Å². The number of rotatable bonds is 11. The van der Waals surface area contributed by atoms with E-state index in [9.17, 15) is 15.0 Å². The third-order valence-corrected chi connectivity index (χ3v) is 3.77. The molecule has 4 heteroatoms. The van der Waals surface area contributed by atoms with Crippen LogP contribution in [0.4, 0.5) is 0 Å². The van der Waals surface area contributed by atoms with Crippen molar-refractivity contribution in [2.75, 3.05) is 7.11 Å². The SMILES string of the molecule is CCCCCCCC=CC(=O)CCc1cc(O)c(O)c(OC)c1. The molecule has 0 aromatic heterocycles. The van der Waals surface area contributed by atoms with Gasteiger partial charge < -0.3 is 14.9 Å². The molecule has 0 saturated heterocycles. The van der Waals surface area contributed by atoms with Gasteiger partial charge in [0.1, 0.15) is 0 Å². The Morgan fingerprint density at radius 3 is 2.61 bits per heavy atom. The van der Waals surface area contributed by atoms with Gasteiger partial charge in [0.2, 0.25) is 5.75 Å². The summed E-state index contributed by atoms with van der Waals surface area (Å²) in [4.78, 5) is 11.8. The number of unbranched alkanes of at least 4 members (excludes halogenated alkanes) is 5. The van der Waals surface area contributed by atoms with Gasteiger partial charge >= 0.3 is 0 Å². The van der Waals surface area contributed by atoms with Crippen molar-refractivity contribution in [2.45, 2.75) is 58.3 Å². The molecule has 0 aliphatic rings. The van der Waals surface area contributed by atoms with Crippen LogP contribution in [0.2, 0.25) is 0 Å². The summed E-state index contributed by atoms with van der Waals surface area (Å²) in [5.74, 6) is -0.208. The van der Waals surface area contributed by atoms with Crippen LogP contribution in [0.1, 0.15) is 57.4 Å². The van der Waals surface area contributed by atoms with E-state index in [4.69, 9.17) is 4.74 Å². The molecule has 4 nitrogen and oxygen atoms in total. The summed E-state index contributed by atoms with van der Waals surface area (Å²) in [7, 11) is 1.42. The number of phenolic OH excluding ortho intramolecular Hbond substituents is 2. The van der Waals surface area contributed by atoms with Crippen molar-refractivity contribution >= 4 is 5.78 Å². The molecule has 0 fully saturated rings. The lowest BCUT2D eigenvalue weighted by molar-refractivity contribution is -0.114. The van der Waals surface area contributed by atoms with E-state index in [1.54, 1.807) is 12.1 Å².